The van der Waals surface area contributed by atoms with Gasteiger partial charge in [-0.05, 0) is 30.0 Å². The van der Waals surface area contributed by atoms with Crippen molar-refractivity contribution in [2.24, 2.45) is 5.92 Å². The molecule has 1 fully saturated rings. The van der Waals surface area contributed by atoms with Crippen LogP contribution >= 0.6 is 12.4 Å². The van der Waals surface area contributed by atoms with Gasteiger partial charge in [-0.25, -0.2) is 0 Å². The number of para-hydroxylation sites is 1. The zero-order valence-electron chi connectivity index (χ0n) is 13.6. The quantitative estimate of drug-likeness (QED) is 0.817. The predicted molar refractivity (Wildman–Crippen MR) is 91.9 cm³/mol. The Morgan fingerprint density at radius 3 is 2.73 bits per heavy atom. The second kappa shape index (κ2) is 8.39. The molecular weight excluding hydrogens is 300 g/mol. The molecule has 1 aromatic carbocycles. The number of amides is 1. The van der Waals surface area contributed by atoms with E-state index in [0.717, 1.165) is 25.3 Å². The van der Waals surface area contributed by atoms with Crippen molar-refractivity contribution < 1.29 is 9.53 Å². The standard InChI is InChI=1S/C17H26N2O2.ClH/c1-17(2,3)14-6-4-5-7-15(14)21-11-10-19-16(20)13-8-9-18-12-13;/h4-7,13,18H,8-12H2,1-3H3,(H,19,20);1H. The minimum absolute atomic E-state index is 0. The lowest BCUT2D eigenvalue weighted by molar-refractivity contribution is -0.124. The third-order valence-corrected chi connectivity index (χ3v) is 3.79. The lowest BCUT2D eigenvalue weighted by Crippen LogP contribution is -2.34. The van der Waals surface area contributed by atoms with Gasteiger partial charge in [0, 0.05) is 6.54 Å². The van der Waals surface area contributed by atoms with Crippen LogP contribution in [0.4, 0.5) is 0 Å². The summed E-state index contributed by atoms with van der Waals surface area (Å²) in [4.78, 5) is 11.9. The fourth-order valence-electron chi connectivity index (χ4n) is 2.57. The summed E-state index contributed by atoms with van der Waals surface area (Å²) in [5, 5.41) is 6.15. The number of carbonyl (C=O) groups excluding carboxylic acids is 1. The van der Waals surface area contributed by atoms with Gasteiger partial charge < -0.3 is 15.4 Å². The highest BCUT2D eigenvalue weighted by Gasteiger charge is 2.22. The number of rotatable bonds is 5. The molecule has 1 saturated heterocycles. The fourth-order valence-corrected chi connectivity index (χ4v) is 2.57. The first kappa shape index (κ1) is 18.8. The molecule has 1 unspecified atom stereocenters. The molecule has 1 aliphatic heterocycles. The van der Waals surface area contributed by atoms with E-state index in [1.165, 1.54) is 5.56 Å². The van der Waals surface area contributed by atoms with E-state index in [9.17, 15) is 4.79 Å². The van der Waals surface area contributed by atoms with Gasteiger partial charge in [-0.3, -0.25) is 4.79 Å². The highest BCUT2D eigenvalue weighted by Crippen LogP contribution is 2.30. The van der Waals surface area contributed by atoms with Gasteiger partial charge >= 0.3 is 0 Å². The Morgan fingerprint density at radius 1 is 1.36 bits per heavy atom. The third kappa shape index (κ3) is 5.18. The van der Waals surface area contributed by atoms with E-state index in [1.54, 1.807) is 0 Å². The molecule has 1 heterocycles. The summed E-state index contributed by atoms with van der Waals surface area (Å²) < 4.78 is 5.85. The molecular formula is C17H27ClN2O2. The van der Waals surface area contributed by atoms with Crippen molar-refractivity contribution in [3.8, 4) is 5.75 Å². The van der Waals surface area contributed by atoms with Crippen LogP contribution in [0.15, 0.2) is 24.3 Å². The van der Waals surface area contributed by atoms with Crippen molar-refractivity contribution in [1.82, 2.24) is 10.6 Å². The molecule has 0 radical (unpaired) electrons. The first-order valence-electron chi connectivity index (χ1n) is 7.69. The topological polar surface area (TPSA) is 50.4 Å². The third-order valence-electron chi connectivity index (χ3n) is 3.79. The molecule has 1 aliphatic rings. The molecule has 0 spiro atoms. The van der Waals surface area contributed by atoms with Crippen molar-refractivity contribution in [1.29, 1.82) is 0 Å². The molecule has 124 valence electrons. The predicted octanol–water partition coefficient (Wildman–Crippen LogP) is 2.51. The van der Waals surface area contributed by atoms with Crippen LogP contribution in [-0.2, 0) is 10.2 Å². The van der Waals surface area contributed by atoms with E-state index in [2.05, 4.69) is 37.5 Å². The van der Waals surface area contributed by atoms with Crippen LogP contribution in [-0.4, -0.2) is 32.1 Å². The molecule has 0 bridgehead atoms. The molecule has 5 heteroatoms. The molecule has 0 aliphatic carbocycles. The molecule has 4 nitrogen and oxygen atoms in total. The van der Waals surface area contributed by atoms with Crippen LogP contribution < -0.4 is 15.4 Å². The van der Waals surface area contributed by atoms with Gasteiger partial charge in [-0.2, -0.15) is 0 Å². The molecule has 1 amide bonds. The van der Waals surface area contributed by atoms with Gasteiger partial charge in [0.05, 0.1) is 12.5 Å². The molecule has 2 rings (SSSR count). The van der Waals surface area contributed by atoms with E-state index in [1.807, 2.05) is 18.2 Å². The Balaban J connectivity index is 0.00000242. The highest BCUT2D eigenvalue weighted by atomic mass is 35.5. The molecule has 2 N–H and O–H groups in total. The summed E-state index contributed by atoms with van der Waals surface area (Å²) in [6.45, 7) is 9.29. The first-order valence-corrected chi connectivity index (χ1v) is 7.69. The van der Waals surface area contributed by atoms with E-state index in [0.29, 0.717) is 13.2 Å². The van der Waals surface area contributed by atoms with Crippen molar-refractivity contribution in [3.63, 3.8) is 0 Å². The number of carbonyl (C=O) groups is 1. The maximum Gasteiger partial charge on any atom is 0.224 e. The Hall–Kier alpha value is -1.26. The maximum absolute atomic E-state index is 11.9. The zero-order valence-corrected chi connectivity index (χ0v) is 14.5. The smallest absolute Gasteiger partial charge is 0.224 e. The molecule has 1 aromatic rings. The SMILES string of the molecule is CC(C)(C)c1ccccc1OCCNC(=O)C1CCNC1.Cl. The number of benzene rings is 1. The lowest BCUT2D eigenvalue weighted by atomic mass is 9.86. The summed E-state index contributed by atoms with van der Waals surface area (Å²) in [5.74, 6) is 1.15. The van der Waals surface area contributed by atoms with Crippen LogP contribution in [0.2, 0.25) is 0 Å². The Morgan fingerprint density at radius 2 is 2.09 bits per heavy atom. The van der Waals surface area contributed by atoms with Crippen molar-refractivity contribution in [2.75, 3.05) is 26.2 Å². The van der Waals surface area contributed by atoms with E-state index < -0.39 is 0 Å². The summed E-state index contributed by atoms with van der Waals surface area (Å²) in [5.41, 5.74) is 1.24. The maximum atomic E-state index is 11.9. The van der Waals surface area contributed by atoms with Gasteiger partial charge in [-0.1, -0.05) is 39.0 Å². The van der Waals surface area contributed by atoms with Gasteiger partial charge in [0.25, 0.3) is 0 Å². The van der Waals surface area contributed by atoms with E-state index in [-0.39, 0.29) is 29.6 Å². The summed E-state index contributed by atoms with van der Waals surface area (Å²) in [6.07, 6.45) is 0.930. The van der Waals surface area contributed by atoms with Crippen molar-refractivity contribution in [2.45, 2.75) is 32.6 Å². The van der Waals surface area contributed by atoms with Gasteiger partial charge in [0.15, 0.2) is 0 Å². The van der Waals surface area contributed by atoms with Gasteiger partial charge in [-0.15, -0.1) is 12.4 Å². The number of ether oxygens (including phenoxy) is 1. The van der Waals surface area contributed by atoms with Crippen molar-refractivity contribution >= 4 is 18.3 Å². The Labute approximate surface area is 139 Å². The first-order chi connectivity index (χ1) is 9.98. The lowest BCUT2D eigenvalue weighted by Gasteiger charge is -2.22. The molecule has 0 saturated carbocycles. The largest absolute Gasteiger partial charge is 0.491 e. The Bertz CT molecular complexity index is 480. The average Bonchev–Trinajstić information content (AvgIpc) is 2.97. The fraction of sp³-hybridized carbons (Fsp3) is 0.588. The van der Waals surface area contributed by atoms with E-state index >= 15 is 0 Å². The number of halogens is 1. The van der Waals surface area contributed by atoms with Crippen LogP contribution in [0, 0.1) is 5.92 Å². The minimum atomic E-state index is 0. The zero-order chi connectivity index (χ0) is 15.3. The van der Waals surface area contributed by atoms with E-state index in [4.69, 9.17) is 4.74 Å². The monoisotopic (exact) mass is 326 g/mol. The number of nitrogens with one attached hydrogen (secondary N) is 2. The molecule has 0 aromatic heterocycles. The van der Waals surface area contributed by atoms with Gasteiger partial charge in [0.2, 0.25) is 5.91 Å². The second-order valence-electron chi connectivity index (χ2n) is 6.58. The summed E-state index contributed by atoms with van der Waals surface area (Å²) in [6, 6.07) is 8.09. The normalized spacial score (nSPS) is 17.7. The highest BCUT2D eigenvalue weighted by molar-refractivity contribution is 5.85. The number of hydrogen-bond acceptors (Lipinski definition) is 3. The average molecular weight is 327 g/mol. The van der Waals surface area contributed by atoms with Crippen LogP contribution in [0.1, 0.15) is 32.8 Å². The number of hydrogen-bond donors (Lipinski definition) is 2. The van der Waals surface area contributed by atoms with Crippen LogP contribution in [0.3, 0.4) is 0 Å². The minimum Gasteiger partial charge on any atom is -0.491 e. The second-order valence-corrected chi connectivity index (χ2v) is 6.58. The van der Waals surface area contributed by atoms with Crippen LogP contribution in [0.5, 0.6) is 5.75 Å². The summed E-state index contributed by atoms with van der Waals surface area (Å²) >= 11 is 0. The van der Waals surface area contributed by atoms with Crippen molar-refractivity contribution in [3.05, 3.63) is 29.8 Å². The van der Waals surface area contributed by atoms with Crippen LogP contribution in [0.25, 0.3) is 0 Å². The molecule has 22 heavy (non-hydrogen) atoms. The summed E-state index contributed by atoms with van der Waals surface area (Å²) in [7, 11) is 0. The van der Waals surface area contributed by atoms with Gasteiger partial charge in [0.1, 0.15) is 12.4 Å². The Kier molecular flexibility index (Phi) is 7.17. The molecule has 1 atom stereocenters.